The van der Waals surface area contributed by atoms with Gasteiger partial charge in [0.25, 0.3) is 0 Å². The summed E-state index contributed by atoms with van der Waals surface area (Å²) in [5, 5.41) is 34.2. The van der Waals surface area contributed by atoms with Crippen LogP contribution in [0.15, 0.2) is 36.7 Å². The molecule has 3 rings (SSSR count). The highest BCUT2D eigenvalue weighted by Gasteiger charge is 2.16. The minimum absolute atomic E-state index is 0.102. The van der Waals surface area contributed by atoms with Crippen LogP contribution in [0.3, 0.4) is 0 Å². The standard InChI is InChI=1S/C14H15N5O4/c20-9-14-16-12-3-1-2-4-13(12)18(14)8-11(21)7-17-6-10(5-15-17)19(22)23/h1-6,11,20-21H,7-9H2. The normalized spacial score (nSPS) is 12.6. The summed E-state index contributed by atoms with van der Waals surface area (Å²) in [7, 11) is 0. The van der Waals surface area contributed by atoms with E-state index < -0.39 is 11.0 Å². The van der Waals surface area contributed by atoms with Gasteiger partial charge in [0.2, 0.25) is 0 Å². The maximum atomic E-state index is 10.6. The minimum atomic E-state index is -0.836. The van der Waals surface area contributed by atoms with Crippen LogP contribution in [0.5, 0.6) is 0 Å². The fourth-order valence-corrected chi connectivity index (χ4v) is 2.48. The summed E-state index contributed by atoms with van der Waals surface area (Å²) >= 11 is 0. The average Bonchev–Trinajstić information content (AvgIpc) is 3.12. The van der Waals surface area contributed by atoms with E-state index in [4.69, 9.17) is 0 Å². The van der Waals surface area contributed by atoms with Gasteiger partial charge >= 0.3 is 5.69 Å². The molecule has 120 valence electrons. The van der Waals surface area contributed by atoms with Crippen LogP contribution in [0, 0.1) is 10.1 Å². The SMILES string of the molecule is O=[N+]([O-])c1cnn(CC(O)Cn2c(CO)nc3ccccc32)c1. The van der Waals surface area contributed by atoms with Crippen LogP contribution in [-0.2, 0) is 19.7 Å². The molecular weight excluding hydrogens is 302 g/mol. The second-order valence-electron chi connectivity index (χ2n) is 5.12. The van der Waals surface area contributed by atoms with Gasteiger partial charge in [0.1, 0.15) is 24.8 Å². The molecule has 0 aliphatic carbocycles. The number of hydrogen-bond donors (Lipinski definition) is 2. The Morgan fingerprint density at radius 2 is 2.09 bits per heavy atom. The second kappa shape index (κ2) is 6.15. The van der Waals surface area contributed by atoms with Crippen LogP contribution in [0.25, 0.3) is 11.0 Å². The molecule has 0 saturated heterocycles. The van der Waals surface area contributed by atoms with Crippen molar-refractivity contribution in [2.45, 2.75) is 25.8 Å². The lowest BCUT2D eigenvalue weighted by molar-refractivity contribution is -0.385. The zero-order valence-electron chi connectivity index (χ0n) is 12.1. The van der Waals surface area contributed by atoms with Crippen LogP contribution in [0.2, 0.25) is 0 Å². The van der Waals surface area contributed by atoms with E-state index in [9.17, 15) is 20.3 Å². The molecule has 0 bridgehead atoms. The van der Waals surface area contributed by atoms with Crippen molar-refractivity contribution in [1.29, 1.82) is 0 Å². The van der Waals surface area contributed by atoms with Gasteiger partial charge in [-0.05, 0) is 12.1 Å². The second-order valence-corrected chi connectivity index (χ2v) is 5.12. The molecule has 3 aromatic rings. The number of fused-ring (bicyclic) bond motifs is 1. The van der Waals surface area contributed by atoms with Gasteiger partial charge in [0, 0.05) is 0 Å². The van der Waals surface area contributed by atoms with Gasteiger partial charge in [-0.2, -0.15) is 5.10 Å². The lowest BCUT2D eigenvalue weighted by atomic mass is 10.3. The maximum absolute atomic E-state index is 10.6. The van der Waals surface area contributed by atoms with Crippen LogP contribution in [0.1, 0.15) is 5.82 Å². The highest BCUT2D eigenvalue weighted by Crippen LogP contribution is 2.17. The van der Waals surface area contributed by atoms with Gasteiger partial charge < -0.3 is 14.8 Å². The summed E-state index contributed by atoms with van der Waals surface area (Å²) in [6.45, 7) is 0.0594. The molecule has 0 fully saturated rings. The van der Waals surface area contributed by atoms with E-state index >= 15 is 0 Å². The molecule has 23 heavy (non-hydrogen) atoms. The molecule has 9 heteroatoms. The Labute approximate surface area is 130 Å². The first kappa shape index (κ1) is 15.1. The van der Waals surface area contributed by atoms with Crippen molar-refractivity contribution >= 4 is 16.7 Å². The van der Waals surface area contributed by atoms with Gasteiger partial charge in [-0.1, -0.05) is 12.1 Å². The predicted molar refractivity (Wildman–Crippen MR) is 80.5 cm³/mol. The summed E-state index contributed by atoms with van der Waals surface area (Å²) in [6.07, 6.45) is 1.57. The molecule has 0 spiro atoms. The van der Waals surface area contributed by atoms with E-state index in [0.717, 1.165) is 17.2 Å². The number of nitro groups is 1. The van der Waals surface area contributed by atoms with Gasteiger partial charge in [0.15, 0.2) is 0 Å². The van der Waals surface area contributed by atoms with E-state index in [1.807, 2.05) is 24.3 Å². The smallest absolute Gasteiger partial charge is 0.306 e. The number of nitrogens with zero attached hydrogens (tertiary/aromatic N) is 5. The van der Waals surface area contributed by atoms with Crippen LogP contribution in [0.4, 0.5) is 5.69 Å². The first-order chi connectivity index (χ1) is 11.1. The fourth-order valence-electron chi connectivity index (χ4n) is 2.48. The molecule has 0 amide bonds. The summed E-state index contributed by atoms with van der Waals surface area (Å²) in [5.74, 6) is 0.455. The summed E-state index contributed by atoms with van der Waals surface area (Å²) in [6, 6.07) is 7.38. The number of para-hydroxylation sites is 2. The Kier molecular flexibility index (Phi) is 4.04. The highest BCUT2D eigenvalue weighted by atomic mass is 16.6. The van der Waals surface area contributed by atoms with Crippen LogP contribution in [-0.4, -0.2) is 40.6 Å². The molecule has 2 aromatic heterocycles. The Morgan fingerprint density at radius 3 is 2.78 bits per heavy atom. The molecule has 0 radical (unpaired) electrons. The molecule has 0 aliphatic heterocycles. The number of hydrogen-bond acceptors (Lipinski definition) is 6. The molecule has 9 nitrogen and oxygen atoms in total. The zero-order chi connectivity index (χ0) is 16.4. The van der Waals surface area contributed by atoms with E-state index in [0.29, 0.717) is 5.82 Å². The fraction of sp³-hybridized carbons (Fsp3) is 0.286. The van der Waals surface area contributed by atoms with Crippen molar-refractivity contribution in [2.75, 3.05) is 0 Å². The highest BCUT2D eigenvalue weighted by molar-refractivity contribution is 5.75. The lowest BCUT2D eigenvalue weighted by Crippen LogP contribution is -2.23. The molecule has 1 atom stereocenters. The van der Waals surface area contributed by atoms with Gasteiger partial charge in [0.05, 0.1) is 35.2 Å². The Balaban J connectivity index is 1.79. The Morgan fingerprint density at radius 1 is 1.30 bits per heavy atom. The number of aliphatic hydroxyl groups excluding tert-OH is 2. The first-order valence-electron chi connectivity index (χ1n) is 6.98. The van der Waals surface area contributed by atoms with Crippen LogP contribution >= 0.6 is 0 Å². The van der Waals surface area contributed by atoms with E-state index in [-0.39, 0.29) is 25.4 Å². The minimum Gasteiger partial charge on any atom is -0.389 e. The monoisotopic (exact) mass is 317 g/mol. The lowest BCUT2D eigenvalue weighted by Gasteiger charge is -2.14. The van der Waals surface area contributed by atoms with Gasteiger partial charge in [-0.25, -0.2) is 4.98 Å². The third-order valence-corrected chi connectivity index (χ3v) is 3.50. The number of benzene rings is 1. The first-order valence-corrected chi connectivity index (χ1v) is 6.98. The summed E-state index contributed by atoms with van der Waals surface area (Å²) in [5.41, 5.74) is 1.42. The molecule has 1 aromatic carbocycles. The predicted octanol–water partition coefficient (Wildman–Crippen LogP) is 0.694. The van der Waals surface area contributed by atoms with Crippen molar-refractivity contribution in [3.63, 3.8) is 0 Å². The Hall–Kier alpha value is -2.78. The number of rotatable bonds is 6. The van der Waals surface area contributed by atoms with Gasteiger partial charge in [-0.3, -0.25) is 14.8 Å². The number of aromatic nitrogens is 4. The molecular formula is C14H15N5O4. The van der Waals surface area contributed by atoms with Crippen molar-refractivity contribution < 1.29 is 15.1 Å². The maximum Gasteiger partial charge on any atom is 0.306 e. The summed E-state index contributed by atoms with van der Waals surface area (Å²) in [4.78, 5) is 14.4. The molecule has 2 heterocycles. The van der Waals surface area contributed by atoms with Crippen LogP contribution < -0.4 is 0 Å². The zero-order valence-corrected chi connectivity index (χ0v) is 12.1. The van der Waals surface area contributed by atoms with Crippen molar-refractivity contribution in [2.24, 2.45) is 0 Å². The van der Waals surface area contributed by atoms with Crippen molar-refractivity contribution in [1.82, 2.24) is 19.3 Å². The third kappa shape index (κ3) is 3.05. The van der Waals surface area contributed by atoms with E-state index in [1.54, 1.807) is 4.57 Å². The molecule has 0 aliphatic rings. The molecule has 0 saturated carbocycles. The summed E-state index contributed by atoms with van der Waals surface area (Å²) < 4.78 is 3.05. The average molecular weight is 317 g/mol. The third-order valence-electron chi connectivity index (χ3n) is 3.50. The van der Waals surface area contributed by atoms with E-state index in [1.165, 1.54) is 10.9 Å². The molecule has 1 unspecified atom stereocenters. The number of aliphatic hydroxyl groups is 2. The Bertz CT molecular complexity index is 841. The van der Waals surface area contributed by atoms with Crippen molar-refractivity contribution in [3.05, 3.63) is 52.6 Å². The van der Waals surface area contributed by atoms with Gasteiger partial charge in [-0.15, -0.1) is 0 Å². The number of imidazole rings is 1. The van der Waals surface area contributed by atoms with Crippen molar-refractivity contribution in [3.8, 4) is 0 Å². The largest absolute Gasteiger partial charge is 0.389 e. The molecule has 2 N–H and O–H groups in total. The topological polar surface area (TPSA) is 119 Å². The quantitative estimate of drug-likeness (QED) is 0.510. The van der Waals surface area contributed by atoms with E-state index in [2.05, 4.69) is 10.1 Å².